The third-order valence-corrected chi connectivity index (χ3v) is 9.01. The van der Waals surface area contributed by atoms with Crippen molar-refractivity contribution in [1.82, 2.24) is 13.8 Å². The molecule has 0 amide bonds. The van der Waals surface area contributed by atoms with Crippen molar-refractivity contribution in [2.24, 2.45) is 0 Å². The largest absolute Gasteiger partial charge is 0.312 e. The summed E-state index contributed by atoms with van der Waals surface area (Å²) in [7, 11) is 0. The third-order valence-electron chi connectivity index (χ3n) is 9.01. The summed E-state index contributed by atoms with van der Waals surface area (Å²) in [6, 6.07) is 17.9. The zero-order valence-corrected chi connectivity index (χ0v) is 20.4. The minimum Gasteiger partial charge on any atom is -0.258 e. The zero-order valence-electron chi connectivity index (χ0n) is 20.4. The predicted octanol–water partition coefficient (Wildman–Crippen LogP) is 6.29. The van der Waals surface area contributed by atoms with Gasteiger partial charge in [-0.25, -0.2) is 4.57 Å². The number of hydrogen-bond acceptors (Lipinski definition) is 1. The Balaban J connectivity index is 1.94. The predicted molar refractivity (Wildman–Crippen MR) is 135 cm³/mol. The zero-order chi connectivity index (χ0) is 23.0. The lowest BCUT2D eigenvalue weighted by Gasteiger charge is -2.42. The van der Waals surface area contributed by atoms with Gasteiger partial charge in [0, 0.05) is 5.41 Å². The van der Waals surface area contributed by atoms with Gasteiger partial charge in [-0.3, -0.25) is 4.40 Å². The second-order valence-corrected chi connectivity index (χ2v) is 10.9. The highest BCUT2D eigenvalue weighted by Crippen LogP contribution is 2.47. The number of nitrogens with zero attached hydrogens (tertiary/aromatic N) is 4. The van der Waals surface area contributed by atoms with Gasteiger partial charge in [-0.05, 0) is 81.1 Å². The number of aromatic nitrogens is 4. The van der Waals surface area contributed by atoms with Gasteiger partial charge in [-0.1, -0.05) is 38.1 Å². The summed E-state index contributed by atoms with van der Waals surface area (Å²) < 4.78 is 7.37. The maximum atomic E-state index is 5.31. The van der Waals surface area contributed by atoms with Crippen LogP contribution in [0.25, 0.3) is 44.4 Å². The van der Waals surface area contributed by atoms with Crippen LogP contribution in [0.1, 0.15) is 49.9 Å². The summed E-state index contributed by atoms with van der Waals surface area (Å²) in [5, 5.41) is 1.33. The first-order chi connectivity index (χ1) is 15.7. The molecule has 6 aromatic rings. The Hall–Kier alpha value is -3.40. The van der Waals surface area contributed by atoms with Crippen LogP contribution in [-0.2, 0) is 11.0 Å². The maximum absolute atomic E-state index is 5.31. The Labute approximate surface area is 193 Å². The highest BCUT2D eigenvalue weighted by Gasteiger charge is 2.51. The molecule has 7 rings (SSSR count). The molecule has 0 spiro atoms. The van der Waals surface area contributed by atoms with E-state index in [-0.39, 0.29) is 11.0 Å². The fourth-order valence-corrected chi connectivity index (χ4v) is 6.26. The molecular weight excluding hydrogens is 404 g/mol. The van der Waals surface area contributed by atoms with Crippen LogP contribution in [0.2, 0.25) is 0 Å². The van der Waals surface area contributed by atoms with Crippen molar-refractivity contribution in [2.75, 3.05) is 0 Å². The lowest BCUT2D eigenvalue weighted by Crippen LogP contribution is -2.64. The number of benzene rings is 3. The second-order valence-electron chi connectivity index (χ2n) is 10.9. The van der Waals surface area contributed by atoms with Crippen LogP contribution in [0.15, 0.2) is 48.5 Å². The normalized spacial score (nSPS) is 16.8. The lowest BCUT2D eigenvalue weighted by atomic mass is 9.67. The third kappa shape index (κ3) is 1.92. The van der Waals surface area contributed by atoms with Gasteiger partial charge in [-0.15, -0.1) is 0 Å². The van der Waals surface area contributed by atoms with E-state index in [1.54, 1.807) is 0 Å². The summed E-state index contributed by atoms with van der Waals surface area (Å²) in [4.78, 5) is 5.31. The van der Waals surface area contributed by atoms with Gasteiger partial charge in [0.15, 0.2) is 11.0 Å². The highest BCUT2D eigenvalue weighted by atomic mass is 15.3. The Bertz CT molecular complexity index is 1840. The average molecular weight is 434 g/mol. The molecule has 0 saturated heterocycles. The molecule has 0 aliphatic carbocycles. The molecule has 0 fully saturated rings. The summed E-state index contributed by atoms with van der Waals surface area (Å²) in [5.41, 5.74) is 12.4. The van der Waals surface area contributed by atoms with Gasteiger partial charge >= 0.3 is 11.4 Å². The molecule has 0 radical (unpaired) electrons. The molecule has 1 aliphatic rings. The SMILES string of the molecule is Cc1cc2c(nc3n2c2cccc4c2c2n3c3ccccc3[n+]2C(C)(C)C4(C)C)c(C)c1C. The van der Waals surface area contributed by atoms with E-state index in [9.17, 15) is 0 Å². The van der Waals surface area contributed by atoms with Crippen LogP contribution in [0.5, 0.6) is 0 Å². The van der Waals surface area contributed by atoms with E-state index in [1.807, 2.05) is 0 Å². The van der Waals surface area contributed by atoms with E-state index in [1.165, 1.54) is 55.4 Å². The number of aryl methyl sites for hydroxylation is 2. The molecule has 3 aromatic heterocycles. The van der Waals surface area contributed by atoms with Gasteiger partial charge < -0.3 is 0 Å². The van der Waals surface area contributed by atoms with Crippen molar-refractivity contribution < 1.29 is 4.57 Å². The van der Waals surface area contributed by atoms with Crippen molar-refractivity contribution in [1.29, 1.82) is 0 Å². The Morgan fingerprint density at radius 3 is 2.30 bits per heavy atom. The van der Waals surface area contributed by atoms with Crippen molar-refractivity contribution in [3.05, 3.63) is 70.8 Å². The van der Waals surface area contributed by atoms with Gasteiger partial charge in [0.2, 0.25) is 0 Å². The van der Waals surface area contributed by atoms with E-state index in [0.29, 0.717) is 0 Å². The number of rotatable bonds is 0. The van der Waals surface area contributed by atoms with Crippen LogP contribution in [0, 0.1) is 20.8 Å². The van der Waals surface area contributed by atoms with E-state index in [0.717, 1.165) is 11.3 Å². The molecule has 0 N–H and O–H groups in total. The molecule has 0 atom stereocenters. The van der Waals surface area contributed by atoms with Crippen molar-refractivity contribution >= 4 is 44.4 Å². The van der Waals surface area contributed by atoms with Gasteiger partial charge in [0.05, 0.1) is 21.9 Å². The van der Waals surface area contributed by atoms with Crippen molar-refractivity contribution in [3.63, 3.8) is 0 Å². The fraction of sp³-hybridized carbons (Fsp3) is 0.310. The molecular formula is C29H29N4+. The summed E-state index contributed by atoms with van der Waals surface area (Å²) >= 11 is 0. The smallest absolute Gasteiger partial charge is 0.258 e. The highest BCUT2D eigenvalue weighted by molar-refractivity contribution is 6.02. The minimum absolute atomic E-state index is 0.0543. The van der Waals surface area contributed by atoms with Crippen LogP contribution in [0.3, 0.4) is 0 Å². The molecule has 0 bridgehead atoms. The van der Waals surface area contributed by atoms with E-state index in [4.69, 9.17) is 4.98 Å². The van der Waals surface area contributed by atoms with Crippen molar-refractivity contribution in [2.45, 2.75) is 59.4 Å². The molecule has 0 unspecified atom stereocenters. The molecule has 4 heterocycles. The Morgan fingerprint density at radius 2 is 1.52 bits per heavy atom. The Morgan fingerprint density at radius 1 is 0.788 bits per heavy atom. The summed E-state index contributed by atoms with van der Waals surface area (Å²) in [6.45, 7) is 16.2. The molecule has 33 heavy (non-hydrogen) atoms. The molecule has 4 heteroatoms. The van der Waals surface area contributed by atoms with Crippen LogP contribution in [0.4, 0.5) is 0 Å². The second kappa shape index (κ2) is 5.56. The average Bonchev–Trinajstić information content (AvgIpc) is 3.33. The van der Waals surface area contributed by atoms with Gasteiger partial charge in [0.25, 0.3) is 0 Å². The first-order valence-electron chi connectivity index (χ1n) is 11.9. The van der Waals surface area contributed by atoms with E-state index < -0.39 is 0 Å². The topological polar surface area (TPSA) is 25.6 Å². The lowest BCUT2D eigenvalue weighted by molar-refractivity contribution is -0.723. The molecule has 164 valence electrons. The molecule has 3 aromatic carbocycles. The molecule has 1 aliphatic heterocycles. The quantitative estimate of drug-likeness (QED) is 0.259. The standard InChI is InChI=1S/C29H29N4/c1-16-15-23-25(18(3)17(16)2)30-27-31(23)22-14-10-11-19-24(22)26-32(27)20-12-8-9-13-21(20)33(26)29(6,7)28(19,4)5/h8-15H,1-7H3/q+1. The van der Waals surface area contributed by atoms with E-state index >= 15 is 0 Å². The first-order valence-corrected chi connectivity index (χ1v) is 11.9. The first kappa shape index (κ1) is 19.1. The number of imidazole rings is 2. The van der Waals surface area contributed by atoms with Gasteiger partial charge in [0.1, 0.15) is 5.54 Å². The monoisotopic (exact) mass is 433 g/mol. The number of hydrogen-bond donors (Lipinski definition) is 0. The molecule has 0 saturated carbocycles. The fourth-order valence-electron chi connectivity index (χ4n) is 6.26. The summed E-state index contributed by atoms with van der Waals surface area (Å²) in [6.07, 6.45) is 0. The number of fused-ring (bicyclic) bond motifs is 8. The van der Waals surface area contributed by atoms with Crippen LogP contribution < -0.4 is 4.57 Å². The van der Waals surface area contributed by atoms with Crippen LogP contribution in [-0.4, -0.2) is 13.8 Å². The summed E-state index contributed by atoms with van der Waals surface area (Å²) in [5.74, 6) is 0.989. The van der Waals surface area contributed by atoms with E-state index in [2.05, 4.69) is 110 Å². The molecule has 4 nitrogen and oxygen atoms in total. The van der Waals surface area contributed by atoms with Crippen molar-refractivity contribution in [3.8, 4) is 0 Å². The van der Waals surface area contributed by atoms with Crippen LogP contribution >= 0.6 is 0 Å². The Kier molecular flexibility index (Phi) is 3.22. The number of para-hydroxylation sites is 2. The minimum atomic E-state index is -0.115. The maximum Gasteiger partial charge on any atom is 0.312 e. The van der Waals surface area contributed by atoms with Gasteiger partial charge in [-0.2, -0.15) is 9.38 Å².